The molecule has 5 rings (SSSR count). The number of aromatic nitrogens is 2. The van der Waals surface area contributed by atoms with Crippen LogP contribution in [-0.4, -0.2) is 45.6 Å². The third-order valence-electron chi connectivity index (χ3n) is 6.48. The molecule has 7 nitrogen and oxygen atoms in total. The number of aryl methyl sites for hydroxylation is 2. The van der Waals surface area contributed by atoms with Gasteiger partial charge in [0.1, 0.15) is 5.69 Å². The number of nitrogens with one attached hydrogen (secondary N) is 1. The van der Waals surface area contributed by atoms with Crippen LogP contribution in [0.25, 0.3) is 16.9 Å². The van der Waals surface area contributed by atoms with E-state index in [9.17, 15) is 9.59 Å². The molecule has 2 aromatic carbocycles. The molecule has 35 heavy (non-hydrogen) atoms. The molecule has 4 aromatic rings. The maximum absolute atomic E-state index is 13.6. The molecule has 1 saturated heterocycles. The predicted octanol–water partition coefficient (Wildman–Crippen LogP) is 4.78. The molecule has 0 unspecified atom stereocenters. The van der Waals surface area contributed by atoms with Gasteiger partial charge in [-0.1, -0.05) is 48.0 Å². The Hall–Kier alpha value is -4.13. The first-order valence-electron chi connectivity index (χ1n) is 11.9. The summed E-state index contributed by atoms with van der Waals surface area (Å²) in [6.45, 7) is 5.01. The van der Waals surface area contributed by atoms with Gasteiger partial charge in [0.15, 0.2) is 5.76 Å². The van der Waals surface area contributed by atoms with Gasteiger partial charge in [-0.3, -0.25) is 9.59 Å². The van der Waals surface area contributed by atoms with Gasteiger partial charge in [-0.15, -0.1) is 0 Å². The molecule has 0 spiro atoms. The summed E-state index contributed by atoms with van der Waals surface area (Å²) in [4.78, 5) is 28.0. The first kappa shape index (κ1) is 22.7. The smallest absolute Gasteiger partial charge is 0.287 e. The standard InChI is InChI=1S/C28H28N4O3/c1-19-8-10-23(11-9-19)32-18-24(25(30-32)21-6-4-3-5-7-21)28(34)31-15-12-22(13-16-31)29-27(33)26-20(2)14-17-35-26/h3-11,14,17-18,22H,12-13,15-16H2,1-2H3,(H,29,33). The second-order valence-corrected chi connectivity index (χ2v) is 9.01. The van der Waals surface area contributed by atoms with Crippen molar-refractivity contribution in [2.75, 3.05) is 13.1 Å². The number of rotatable bonds is 5. The average molecular weight is 469 g/mol. The maximum atomic E-state index is 13.6. The van der Waals surface area contributed by atoms with Crippen LogP contribution in [0.3, 0.4) is 0 Å². The zero-order chi connectivity index (χ0) is 24.4. The molecule has 0 aliphatic carbocycles. The third-order valence-corrected chi connectivity index (χ3v) is 6.48. The lowest BCUT2D eigenvalue weighted by Crippen LogP contribution is -2.46. The van der Waals surface area contributed by atoms with Gasteiger partial charge >= 0.3 is 0 Å². The Morgan fingerprint density at radius 3 is 2.34 bits per heavy atom. The van der Waals surface area contributed by atoms with E-state index in [1.807, 2.05) is 79.5 Å². The number of piperidine rings is 1. The molecule has 0 radical (unpaired) electrons. The van der Waals surface area contributed by atoms with Crippen molar-refractivity contribution in [2.45, 2.75) is 32.7 Å². The molecule has 178 valence electrons. The number of likely N-dealkylation sites (tertiary alicyclic amines) is 1. The Bertz CT molecular complexity index is 1330. The van der Waals surface area contributed by atoms with E-state index in [1.54, 1.807) is 10.7 Å². The minimum atomic E-state index is -0.206. The Kier molecular flexibility index (Phi) is 6.23. The van der Waals surface area contributed by atoms with Crippen LogP contribution in [0.4, 0.5) is 0 Å². The normalized spacial score (nSPS) is 14.2. The molecule has 0 atom stereocenters. The third kappa shape index (κ3) is 4.75. The minimum absolute atomic E-state index is 0.0000691. The van der Waals surface area contributed by atoms with E-state index in [0.29, 0.717) is 42.9 Å². The Morgan fingerprint density at radius 1 is 0.971 bits per heavy atom. The summed E-state index contributed by atoms with van der Waals surface area (Å²) in [7, 11) is 0. The van der Waals surface area contributed by atoms with E-state index in [4.69, 9.17) is 9.52 Å². The van der Waals surface area contributed by atoms with Crippen molar-refractivity contribution in [3.63, 3.8) is 0 Å². The van der Waals surface area contributed by atoms with E-state index in [2.05, 4.69) is 5.32 Å². The molecule has 7 heteroatoms. The van der Waals surface area contributed by atoms with Crippen LogP contribution < -0.4 is 5.32 Å². The first-order chi connectivity index (χ1) is 17.0. The molecule has 3 heterocycles. The van der Waals surface area contributed by atoms with Gasteiger partial charge in [-0.05, 0) is 44.9 Å². The summed E-state index contributed by atoms with van der Waals surface area (Å²) >= 11 is 0. The van der Waals surface area contributed by atoms with E-state index in [-0.39, 0.29) is 17.9 Å². The second kappa shape index (κ2) is 9.62. The highest BCUT2D eigenvalue weighted by Gasteiger charge is 2.28. The summed E-state index contributed by atoms with van der Waals surface area (Å²) in [6, 6.07) is 19.6. The minimum Gasteiger partial charge on any atom is -0.459 e. The number of hydrogen-bond acceptors (Lipinski definition) is 4. The molecule has 1 aliphatic heterocycles. The first-order valence-corrected chi connectivity index (χ1v) is 11.9. The average Bonchev–Trinajstić information content (AvgIpc) is 3.52. The van der Waals surface area contributed by atoms with Crippen LogP contribution in [0.2, 0.25) is 0 Å². The lowest BCUT2D eigenvalue weighted by molar-refractivity contribution is 0.0696. The molecule has 1 fully saturated rings. The number of hydrogen-bond donors (Lipinski definition) is 1. The van der Waals surface area contributed by atoms with Crippen molar-refractivity contribution < 1.29 is 14.0 Å². The van der Waals surface area contributed by atoms with Crippen molar-refractivity contribution in [2.24, 2.45) is 0 Å². The van der Waals surface area contributed by atoms with Crippen molar-refractivity contribution in [1.82, 2.24) is 20.0 Å². The highest BCUT2D eigenvalue weighted by molar-refractivity contribution is 6.00. The van der Waals surface area contributed by atoms with Crippen molar-refractivity contribution >= 4 is 11.8 Å². The van der Waals surface area contributed by atoms with E-state index in [0.717, 1.165) is 22.4 Å². The molecule has 2 amide bonds. The summed E-state index contributed by atoms with van der Waals surface area (Å²) in [5.74, 6) is 0.0939. The number of amides is 2. The summed E-state index contributed by atoms with van der Waals surface area (Å²) < 4.78 is 7.07. The highest BCUT2D eigenvalue weighted by Crippen LogP contribution is 2.26. The molecule has 1 aliphatic rings. The molecular weight excluding hydrogens is 440 g/mol. The van der Waals surface area contributed by atoms with Crippen molar-refractivity contribution in [3.05, 3.63) is 95.6 Å². The van der Waals surface area contributed by atoms with E-state index in [1.165, 1.54) is 6.26 Å². The van der Waals surface area contributed by atoms with E-state index >= 15 is 0 Å². The topological polar surface area (TPSA) is 80.4 Å². The van der Waals surface area contributed by atoms with Crippen LogP contribution in [0.5, 0.6) is 0 Å². The largest absolute Gasteiger partial charge is 0.459 e. The monoisotopic (exact) mass is 468 g/mol. The van der Waals surface area contributed by atoms with Crippen LogP contribution in [0, 0.1) is 13.8 Å². The van der Waals surface area contributed by atoms with Gasteiger partial charge in [0.05, 0.1) is 17.5 Å². The Morgan fingerprint density at radius 2 is 1.69 bits per heavy atom. The molecule has 0 bridgehead atoms. The van der Waals surface area contributed by atoms with Crippen molar-refractivity contribution in [1.29, 1.82) is 0 Å². The number of furan rings is 1. The lowest BCUT2D eigenvalue weighted by atomic mass is 10.0. The maximum Gasteiger partial charge on any atom is 0.287 e. The molecule has 1 N–H and O–H groups in total. The number of nitrogens with zero attached hydrogens (tertiary/aromatic N) is 3. The van der Waals surface area contributed by atoms with Gasteiger partial charge in [0.2, 0.25) is 0 Å². The summed E-state index contributed by atoms with van der Waals surface area (Å²) in [5.41, 5.74) is 5.02. The zero-order valence-electron chi connectivity index (χ0n) is 19.9. The predicted molar refractivity (Wildman–Crippen MR) is 134 cm³/mol. The summed E-state index contributed by atoms with van der Waals surface area (Å²) in [5, 5.41) is 7.83. The molecular formula is C28H28N4O3. The number of carbonyl (C=O) groups excluding carboxylic acids is 2. The van der Waals surface area contributed by atoms with Gasteiger partial charge in [-0.25, -0.2) is 4.68 Å². The Labute approximate surface area is 204 Å². The van der Waals surface area contributed by atoms with Gasteiger partial charge in [0.25, 0.3) is 11.8 Å². The summed E-state index contributed by atoms with van der Waals surface area (Å²) in [6.07, 6.45) is 4.71. The fourth-order valence-corrected chi connectivity index (χ4v) is 4.42. The molecule has 2 aromatic heterocycles. The number of carbonyl (C=O) groups is 2. The van der Waals surface area contributed by atoms with Crippen LogP contribution >= 0.6 is 0 Å². The molecule has 0 saturated carbocycles. The van der Waals surface area contributed by atoms with Crippen LogP contribution in [0.1, 0.15) is 44.9 Å². The number of benzene rings is 2. The van der Waals surface area contributed by atoms with Crippen LogP contribution in [-0.2, 0) is 0 Å². The van der Waals surface area contributed by atoms with Gasteiger partial charge in [-0.2, -0.15) is 5.10 Å². The fourth-order valence-electron chi connectivity index (χ4n) is 4.42. The Balaban J connectivity index is 1.34. The van der Waals surface area contributed by atoms with E-state index < -0.39 is 0 Å². The van der Waals surface area contributed by atoms with Crippen molar-refractivity contribution in [3.8, 4) is 16.9 Å². The van der Waals surface area contributed by atoms with Gasteiger partial charge < -0.3 is 14.6 Å². The quantitative estimate of drug-likeness (QED) is 0.457. The van der Waals surface area contributed by atoms with Gasteiger partial charge in [0, 0.05) is 36.5 Å². The highest BCUT2D eigenvalue weighted by atomic mass is 16.3. The zero-order valence-corrected chi connectivity index (χ0v) is 19.9. The second-order valence-electron chi connectivity index (χ2n) is 9.01. The SMILES string of the molecule is Cc1ccc(-n2cc(C(=O)N3CCC(NC(=O)c4occc4C)CC3)c(-c3ccccc3)n2)cc1. The lowest BCUT2D eigenvalue weighted by Gasteiger charge is -2.32. The van der Waals surface area contributed by atoms with Crippen LogP contribution in [0.15, 0.2) is 77.5 Å². The fraction of sp³-hybridized carbons (Fsp3) is 0.250.